The highest BCUT2D eigenvalue weighted by Crippen LogP contribution is 2.43. The molecular weight excluding hydrogens is 444 g/mol. The summed E-state index contributed by atoms with van der Waals surface area (Å²) < 4.78 is 1.15. The van der Waals surface area contributed by atoms with Gasteiger partial charge in [-0.3, -0.25) is 14.6 Å². The predicted octanol–water partition coefficient (Wildman–Crippen LogP) is 4.10. The first-order valence-electron chi connectivity index (χ1n) is 12.2. The Balaban J connectivity index is 1.47. The number of nitrogens with one attached hydrogen (secondary N) is 2. The number of amides is 2. The van der Waals surface area contributed by atoms with Crippen molar-refractivity contribution >= 4 is 33.2 Å². The van der Waals surface area contributed by atoms with Crippen molar-refractivity contribution in [1.29, 1.82) is 0 Å². The third-order valence-electron chi connectivity index (χ3n) is 7.41. The molecule has 3 aromatic rings. The van der Waals surface area contributed by atoms with Gasteiger partial charge in [-0.1, -0.05) is 37.1 Å². The predicted molar refractivity (Wildman–Crippen MR) is 133 cm³/mol. The van der Waals surface area contributed by atoms with Gasteiger partial charge >= 0.3 is 0 Å². The Labute approximate surface area is 203 Å². The quantitative estimate of drug-likeness (QED) is 0.600. The lowest BCUT2D eigenvalue weighted by molar-refractivity contribution is -0.137. The van der Waals surface area contributed by atoms with Crippen LogP contribution in [0.4, 0.5) is 0 Å². The first-order chi connectivity index (χ1) is 16.7. The van der Waals surface area contributed by atoms with Crippen LogP contribution in [0, 0.1) is 0 Å². The van der Waals surface area contributed by atoms with Gasteiger partial charge in [0.15, 0.2) is 0 Å². The summed E-state index contributed by atoms with van der Waals surface area (Å²) in [6.07, 6.45) is 6.93. The molecule has 2 N–H and O–H groups in total. The lowest BCUT2D eigenvalue weighted by Gasteiger charge is -2.43. The molecule has 174 valence electrons. The Morgan fingerprint density at radius 2 is 2.03 bits per heavy atom. The average Bonchev–Trinajstić information content (AvgIpc) is 3.45. The fraction of sp³-hybridized carbons (Fsp3) is 0.370. The van der Waals surface area contributed by atoms with Gasteiger partial charge in [0.2, 0.25) is 5.91 Å². The van der Waals surface area contributed by atoms with Crippen molar-refractivity contribution in [2.24, 2.45) is 0 Å². The van der Waals surface area contributed by atoms with Crippen molar-refractivity contribution in [2.75, 3.05) is 6.54 Å². The summed E-state index contributed by atoms with van der Waals surface area (Å²) in [5.41, 5.74) is 3.64. The lowest BCUT2D eigenvalue weighted by atomic mass is 9.87. The Bertz CT molecular complexity index is 1270. The van der Waals surface area contributed by atoms with Crippen LogP contribution in [0.3, 0.4) is 0 Å². The number of carbonyl (C=O) groups is 2. The highest BCUT2D eigenvalue weighted by atomic mass is 32.1. The van der Waals surface area contributed by atoms with Gasteiger partial charge in [0.05, 0.1) is 24.2 Å². The van der Waals surface area contributed by atoms with E-state index in [9.17, 15) is 9.59 Å². The zero-order valence-corrected chi connectivity index (χ0v) is 19.8. The van der Waals surface area contributed by atoms with Crippen molar-refractivity contribution in [3.63, 3.8) is 0 Å². The van der Waals surface area contributed by atoms with Crippen molar-refractivity contribution in [1.82, 2.24) is 20.5 Å². The molecule has 3 atom stereocenters. The molecule has 1 fully saturated rings. The molecule has 2 aliphatic heterocycles. The van der Waals surface area contributed by atoms with Crippen molar-refractivity contribution < 1.29 is 9.59 Å². The molecule has 7 heteroatoms. The summed E-state index contributed by atoms with van der Waals surface area (Å²) in [7, 11) is 0. The number of hydrogen-bond donors (Lipinski definition) is 2. The third kappa shape index (κ3) is 3.68. The molecule has 0 spiro atoms. The minimum Gasteiger partial charge on any atom is -0.382 e. The molecule has 34 heavy (non-hydrogen) atoms. The summed E-state index contributed by atoms with van der Waals surface area (Å²) in [5, 5.41) is 9.97. The number of rotatable bonds is 4. The van der Waals surface area contributed by atoms with Gasteiger partial charge in [-0.15, -0.1) is 11.3 Å². The molecule has 0 radical (unpaired) electrons. The number of aromatic nitrogens is 1. The Morgan fingerprint density at radius 1 is 1.12 bits per heavy atom. The van der Waals surface area contributed by atoms with Crippen LogP contribution in [-0.4, -0.2) is 40.3 Å². The molecule has 1 saturated carbocycles. The van der Waals surface area contributed by atoms with Crippen LogP contribution < -0.4 is 10.6 Å². The number of thiophene rings is 1. The van der Waals surface area contributed by atoms with Crippen LogP contribution in [0.2, 0.25) is 0 Å². The average molecular weight is 473 g/mol. The maximum absolute atomic E-state index is 14.1. The minimum atomic E-state index is -0.392. The number of hydrogen-bond acceptors (Lipinski definition) is 5. The smallest absolute Gasteiger partial charge is 0.251 e. The van der Waals surface area contributed by atoms with Crippen molar-refractivity contribution in [3.05, 3.63) is 76.6 Å². The molecule has 0 saturated heterocycles. The lowest BCUT2D eigenvalue weighted by Crippen LogP contribution is -2.53. The molecule has 1 aliphatic carbocycles. The van der Waals surface area contributed by atoms with E-state index in [1.807, 2.05) is 24.3 Å². The number of nitrogens with zero attached hydrogens (tertiary/aromatic N) is 2. The Hall–Kier alpha value is -3.19. The monoisotopic (exact) mass is 472 g/mol. The van der Waals surface area contributed by atoms with Crippen LogP contribution in [0.25, 0.3) is 10.1 Å². The van der Waals surface area contributed by atoms with E-state index in [1.165, 1.54) is 0 Å². The van der Waals surface area contributed by atoms with Crippen molar-refractivity contribution in [2.45, 2.75) is 56.7 Å². The highest BCUT2D eigenvalue weighted by Gasteiger charge is 2.46. The van der Waals surface area contributed by atoms with Gasteiger partial charge in [0.25, 0.3) is 5.91 Å². The van der Waals surface area contributed by atoms with Gasteiger partial charge < -0.3 is 15.5 Å². The molecular formula is C27H28N4O2S. The molecule has 3 aliphatic rings. The second-order valence-corrected chi connectivity index (χ2v) is 10.3. The van der Waals surface area contributed by atoms with Gasteiger partial charge in [-0.05, 0) is 53.8 Å². The number of aryl methyl sites for hydroxylation is 1. The first-order valence-corrected chi connectivity index (χ1v) is 13.0. The van der Waals surface area contributed by atoms with E-state index in [4.69, 9.17) is 0 Å². The molecule has 2 amide bonds. The van der Waals surface area contributed by atoms with Gasteiger partial charge in [0, 0.05) is 34.8 Å². The normalized spacial score (nSPS) is 24.3. The van der Waals surface area contributed by atoms with E-state index < -0.39 is 6.04 Å². The minimum absolute atomic E-state index is 0.0589. The molecule has 0 unspecified atom stereocenters. The van der Waals surface area contributed by atoms with E-state index in [2.05, 4.69) is 44.1 Å². The number of benzene rings is 1. The van der Waals surface area contributed by atoms with E-state index in [0.717, 1.165) is 52.7 Å². The van der Waals surface area contributed by atoms with Crippen LogP contribution in [0.5, 0.6) is 0 Å². The van der Waals surface area contributed by atoms with Crippen LogP contribution >= 0.6 is 11.3 Å². The summed E-state index contributed by atoms with van der Waals surface area (Å²) in [5.74, 6) is 0.0265. The molecule has 6 nitrogen and oxygen atoms in total. The van der Waals surface area contributed by atoms with Crippen molar-refractivity contribution in [3.8, 4) is 0 Å². The summed E-state index contributed by atoms with van der Waals surface area (Å²) in [4.78, 5) is 33.8. The summed E-state index contributed by atoms with van der Waals surface area (Å²) in [6.45, 7) is 0.504. The Morgan fingerprint density at radius 3 is 2.91 bits per heavy atom. The summed E-state index contributed by atoms with van der Waals surface area (Å²) in [6, 6.07) is 14.0. The molecule has 4 heterocycles. The number of pyridine rings is 1. The molecule has 2 aromatic heterocycles. The second-order valence-electron chi connectivity index (χ2n) is 9.39. The van der Waals surface area contributed by atoms with Crippen LogP contribution in [-0.2, 0) is 16.0 Å². The number of fused-ring (bicyclic) bond motifs is 2. The third-order valence-corrected chi connectivity index (χ3v) is 8.39. The zero-order chi connectivity index (χ0) is 23.1. The van der Waals surface area contributed by atoms with Gasteiger partial charge in [-0.25, -0.2) is 0 Å². The topological polar surface area (TPSA) is 74.3 Å². The molecule has 0 bridgehead atoms. The maximum atomic E-state index is 14.1. The van der Waals surface area contributed by atoms with E-state index in [0.29, 0.717) is 25.0 Å². The van der Waals surface area contributed by atoms with Gasteiger partial charge in [-0.2, -0.15) is 0 Å². The first kappa shape index (κ1) is 21.4. The fourth-order valence-corrected chi connectivity index (χ4v) is 6.80. The second kappa shape index (κ2) is 8.87. The molecule has 1 aromatic carbocycles. The SMILES string of the molecule is O=C1NCC2=C1[C@@H](c1cccc3ccsc13)N(C(=O)CCc1ccccn1)[C@@H]1CCCC[C@H]1N2. The van der Waals surface area contributed by atoms with E-state index in [-0.39, 0.29) is 23.9 Å². The summed E-state index contributed by atoms with van der Waals surface area (Å²) >= 11 is 1.68. The van der Waals surface area contributed by atoms with Crippen LogP contribution in [0.15, 0.2) is 65.3 Å². The zero-order valence-electron chi connectivity index (χ0n) is 19.0. The maximum Gasteiger partial charge on any atom is 0.251 e. The number of carbonyl (C=O) groups excluding carboxylic acids is 2. The Kier molecular flexibility index (Phi) is 5.57. The molecule has 6 rings (SSSR count). The highest BCUT2D eigenvalue weighted by molar-refractivity contribution is 7.17. The fourth-order valence-electron chi connectivity index (χ4n) is 5.86. The van der Waals surface area contributed by atoms with E-state index in [1.54, 1.807) is 17.5 Å². The largest absolute Gasteiger partial charge is 0.382 e. The van der Waals surface area contributed by atoms with Gasteiger partial charge in [0.1, 0.15) is 0 Å². The van der Waals surface area contributed by atoms with E-state index >= 15 is 0 Å². The van der Waals surface area contributed by atoms with Crippen LogP contribution in [0.1, 0.15) is 49.4 Å². The standard InChI is InChI=1S/C27H28N4O2S/c32-23(12-11-18-7-3-4-14-28-18)31-22-10-2-1-9-20(22)30-21-16-29-27(33)24(21)25(31)19-8-5-6-17-13-15-34-26(17)19/h3-8,13-15,20,22,25,30H,1-2,9-12,16H2,(H,29,33)/t20-,22-,25-/m1/s1.